The Labute approximate surface area is 166 Å². The molecule has 0 spiro atoms. The Morgan fingerprint density at radius 3 is 2.68 bits per heavy atom. The fraction of sp³-hybridized carbons (Fsp3) is 0.478. The second-order valence-electron chi connectivity index (χ2n) is 7.51. The minimum Gasteiger partial charge on any atom is -0.494 e. The number of ether oxygens (including phenoxy) is 1. The topological polar surface area (TPSA) is 42.4 Å². The van der Waals surface area contributed by atoms with E-state index >= 15 is 0 Å². The number of piperidine rings is 1. The zero-order valence-corrected chi connectivity index (χ0v) is 16.8. The van der Waals surface area contributed by atoms with Crippen molar-refractivity contribution in [1.82, 2.24) is 4.98 Å². The van der Waals surface area contributed by atoms with E-state index in [2.05, 4.69) is 9.88 Å². The molecule has 0 saturated carbocycles. The van der Waals surface area contributed by atoms with E-state index in [1.807, 2.05) is 32.0 Å². The van der Waals surface area contributed by atoms with Gasteiger partial charge in [0.1, 0.15) is 17.4 Å². The number of Topliss-reactive ketones (excluding diaryl/α,β-unsaturated/α-hetero) is 1. The fourth-order valence-corrected chi connectivity index (χ4v) is 3.80. The molecule has 0 radical (unpaired) electrons. The van der Waals surface area contributed by atoms with E-state index in [-0.39, 0.29) is 11.6 Å². The van der Waals surface area contributed by atoms with Crippen LogP contribution in [0, 0.1) is 18.7 Å². The van der Waals surface area contributed by atoms with Crippen molar-refractivity contribution in [2.45, 2.75) is 46.0 Å². The summed E-state index contributed by atoms with van der Waals surface area (Å²) in [7, 11) is 0. The van der Waals surface area contributed by atoms with Crippen LogP contribution in [-0.2, 0) is 0 Å². The smallest absolute Gasteiger partial charge is 0.162 e. The third kappa shape index (κ3) is 5.31. The maximum atomic E-state index is 13.0. The van der Waals surface area contributed by atoms with Gasteiger partial charge in [0.2, 0.25) is 0 Å². The molecule has 0 amide bonds. The molecule has 28 heavy (non-hydrogen) atoms. The van der Waals surface area contributed by atoms with Crippen LogP contribution in [0.1, 0.15) is 54.9 Å². The molecule has 2 aromatic rings. The van der Waals surface area contributed by atoms with Gasteiger partial charge in [-0.15, -0.1) is 0 Å². The van der Waals surface area contributed by atoms with Crippen LogP contribution in [0.5, 0.6) is 5.75 Å². The van der Waals surface area contributed by atoms with Crippen LogP contribution in [0.3, 0.4) is 0 Å². The first-order valence-corrected chi connectivity index (χ1v) is 10.2. The molecule has 1 aliphatic rings. The van der Waals surface area contributed by atoms with Gasteiger partial charge in [0.15, 0.2) is 5.78 Å². The number of halogens is 1. The van der Waals surface area contributed by atoms with Crippen LogP contribution in [0.25, 0.3) is 0 Å². The van der Waals surface area contributed by atoms with Crippen LogP contribution in [0.2, 0.25) is 0 Å². The van der Waals surface area contributed by atoms with Crippen molar-refractivity contribution in [3.8, 4) is 5.75 Å². The van der Waals surface area contributed by atoms with Gasteiger partial charge >= 0.3 is 0 Å². The average molecular weight is 384 g/mol. The second kappa shape index (κ2) is 9.67. The molecule has 1 aliphatic heterocycles. The zero-order valence-electron chi connectivity index (χ0n) is 16.8. The summed E-state index contributed by atoms with van der Waals surface area (Å²) in [6, 6.07) is 8.94. The summed E-state index contributed by atoms with van der Waals surface area (Å²) in [5.41, 5.74) is 1.77. The summed E-state index contributed by atoms with van der Waals surface area (Å²) in [5, 5.41) is 0. The van der Waals surface area contributed by atoms with Crippen LogP contribution in [0.15, 0.2) is 36.5 Å². The van der Waals surface area contributed by atoms with Gasteiger partial charge in [-0.2, -0.15) is 0 Å². The number of rotatable bonds is 8. The van der Waals surface area contributed by atoms with Crippen LogP contribution >= 0.6 is 0 Å². The molecular formula is C23H29FN2O2. The molecule has 1 aromatic carbocycles. The number of aromatic nitrogens is 1. The third-order valence-electron chi connectivity index (χ3n) is 5.50. The lowest BCUT2D eigenvalue weighted by molar-refractivity contribution is 0.0987. The van der Waals surface area contributed by atoms with E-state index in [1.54, 1.807) is 6.07 Å². The van der Waals surface area contributed by atoms with Crippen LogP contribution < -0.4 is 9.64 Å². The van der Waals surface area contributed by atoms with Crippen LogP contribution in [-0.4, -0.2) is 30.5 Å². The Morgan fingerprint density at radius 2 is 2.04 bits per heavy atom. The fourth-order valence-electron chi connectivity index (χ4n) is 3.80. The maximum Gasteiger partial charge on any atom is 0.162 e. The molecule has 1 fully saturated rings. The summed E-state index contributed by atoms with van der Waals surface area (Å²) >= 11 is 0. The molecule has 150 valence electrons. The Bertz CT molecular complexity index is 784. The number of nitrogens with zero attached hydrogens (tertiary/aromatic N) is 2. The highest BCUT2D eigenvalue weighted by atomic mass is 19.1. The summed E-state index contributed by atoms with van der Waals surface area (Å²) in [4.78, 5) is 18.3. The molecule has 3 rings (SSSR count). The van der Waals surface area contributed by atoms with Crippen LogP contribution in [0.4, 0.5) is 10.2 Å². The highest BCUT2D eigenvalue weighted by Gasteiger charge is 2.20. The minimum absolute atomic E-state index is 0.172. The number of hydrogen-bond acceptors (Lipinski definition) is 4. The summed E-state index contributed by atoms with van der Waals surface area (Å²) in [6.45, 7) is 6.47. The SMILES string of the molecule is CCC(=O)c1ccc(OCCCC2CCN(c3ccc(F)cn3)CC2)cc1C. The largest absolute Gasteiger partial charge is 0.494 e. The number of hydrogen-bond donors (Lipinski definition) is 0. The highest BCUT2D eigenvalue weighted by molar-refractivity contribution is 5.97. The Kier molecular flexibility index (Phi) is 7.01. The van der Waals surface area contributed by atoms with Gasteiger partial charge in [-0.25, -0.2) is 9.37 Å². The lowest BCUT2D eigenvalue weighted by Gasteiger charge is -2.32. The number of carbonyl (C=O) groups is 1. The third-order valence-corrected chi connectivity index (χ3v) is 5.50. The van der Waals surface area contributed by atoms with Gasteiger partial charge in [0, 0.05) is 25.1 Å². The first-order chi connectivity index (χ1) is 13.6. The van der Waals surface area contributed by atoms with Gasteiger partial charge < -0.3 is 9.64 Å². The average Bonchev–Trinajstić information content (AvgIpc) is 2.72. The van der Waals surface area contributed by atoms with E-state index in [4.69, 9.17) is 4.74 Å². The van der Waals surface area contributed by atoms with E-state index in [0.717, 1.165) is 61.5 Å². The first-order valence-electron chi connectivity index (χ1n) is 10.2. The Hall–Kier alpha value is -2.43. The number of aryl methyl sites for hydroxylation is 1. The lowest BCUT2D eigenvalue weighted by atomic mass is 9.92. The summed E-state index contributed by atoms with van der Waals surface area (Å²) in [6.07, 6.45) is 6.24. The molecule has 0 N–H and O–H groups in total. The standard InChI is InChI=1S/C23H29FN2O2/c1-3-22(27)21-8-7-20(15-17(21)2)28-14-4-5-18-10-12-26(13-11-18)23-9-6-19(24)16-25-23/h6-9,15-16,18H,3-5,10-14H2,1-2H3. The van der Waals surface area contributed by atoms with Crippen molar-refractivity contribution >= 4 is 11.6 Å². The van der Waals surface area contributed by atoms with Crippen molar-refractivity contribution in [2.75, 3.05) is 24.6 Å². The predicted molar refractivity (Wildman–Crippen MR) is 110 cm³/mol. The molecule has 0 bridgehead atoms. The van der Waals surface area contributed by atoms with E-state index in [9.17, 15) is 9.18 Å². The zero-order chi connectivity index (χ0) is 19.9. The summed E-state index contributed by atoms with van der Waals surface area (Å²) < 4.78 is 18.9. The first kappa shape index (κ1) is 20.3. The van der Waals surface area contributed by atoms with Gasteiger partial charge in [-0.1, -0.05) is 6.92 Å². The second-order valence-corrected chi connectivity index (χ2v) is 7.51. The predicted octanol–water partition coefficient (Wildman–Crippen LogP) is 5.20. The Balaban J connectivity index is 1.38. The van der Waals surface area contributed by atoms with Gasteiger partial charge in [-0.3, -0.25) is 4.79 Å². The number of benzene rings is 1. The Morgan fingerprint density at radius 1 is 1.25 bits per heavy atom. The number of anilines is 1. The van der Waals surface area contributed by atoms with Gasteiger partial charge in [0.25, 0.3) is 0 Å². The molecule has 1 saturated heterocycles. The molecular weight excluding hydrogens is 355 g/mol. The molecule has 5 heteroatoms. The monoisotopic (exact) mass is 384 g/mol. The lowest BCUT2D eigenvalue weighted by Crippen LogP contribution is -2.34. The van der Waals surface area contributed by atoms with Crippen molar-refractivity contribution in [1.29, 1.82) is 0 Å². The molecule has 2 heterocycles. The molecule has 0 unspecified atom stereocenters. The van der Waals surface area contributed by atoms with E-state index < -0.39 is 0 Å². The van der Waals surface area contributed by atoms with Crippen molar-refractivity contribution in [2.24, 2.45) is 5.92 Å². The van der Waals surface area contributed by atoms with Gasteiger partial charge in [0.05, 0.1) is 12.8 Å². The van der Waals surface area contributed by atoms with Crippen molar-refractivity contribution < 1.29 is 13.9 Å². The van der Waals surface area contributed by atoms with E-state index in [1.165, 1.54) is 12.3 Å². The summed E-state index contributed by atoms with van der Waals surface area (Å²) in [5.74, 6) is 2.28. The quantitative estimate of drug-likeness (QED) is 0.464. The van der Waals surface area contributed by atoms with E-state index in [0.29, 0.717) is 18.9 Å². The number of ketones is 1. The molecule has 0 aliphatic carbocycles. The number of pyridine rings is 1. The highest BCUT2D eigenvalue weighted by Crippen LogP contribution is 2.25. The molecule has 0 atom stereocenters. The van der Waals surface area contributed by atoms with Crippen molar-refractivity contribution in [3.05, 3.63) is 53.5 Å². The molecule has 1 aromatic heterocycles. The van der Waals surface area contributed by atoms with Gasteiger partial charge in [-0.05, 0) is 74.4 Å². The van der Waals surface area contributed by atoms with Crippen molar-refractivity contribution in [3.63, 3.8) is 0 Å². The minimum atomic E-state index is -0.291. The normalized spacial score (nSPS) is 14.9. The maximum absolute atomic E-state index is 13.0. The number of carbonyl (C=O) groups excluding carboxylic acids is 1. The molecule has 4 nitrogen and oxygen atoms in total.